The first kappa shape index (κ1) is 18.0. The zero-order valence-electron chi connectivity index (χ0n) is 15.6. The number of rotatable bonds is 5. The Morgan fingerprint density at radius 1 is 1.04 bits per heavy atom. The molecule has 1 aromatic rings. The molecule has 0 N–H and O–H groups in total. The Morgan fingerprint density at radius 2 is 1.77 bits per heavy atom. The quantitative estimate of drug-likeness (QED) is 0.785. The predicted molar refractivity (Wildman–Crippen MR) is 104 cm³/mol. The lowest BCUT2D eigenvalue weighted by atomic mass is 9.86. The van der Waals surface area contributed by atoms with E-state index in [1.165, 1.54) is 37.0 Å². The van der Waals surface area contributed by atoms with Gasteiger partial charge in [-0.25, -0.2) is 0 Å². The molecule has 1 saturated heterocycles. The van der Waals surface area contributed by atoms with E-state index in [0.717, 1.165) is 18.8 Å². The van der Waals surface area contributed by atoms with E-state index in [1.807, 2.05) is 9.80 Å². The second-order valence-corrected chi connectivity index (χ2v) is 9.19. The topological polar surface area (TPSA) is 40.6 Å². The number of piperazine rings is 1. The van der Waals surface area contributed by atoms with Gasteiger partial charge in [-0.05, 0) is 30.2 Å². The van der Waals surface area contributed by atoms with Crippen LogP contribution in [0.3, 0.4) is 0 Å². The van der Waals surface area contributed by atoms with Crippen LogP contribution in [-0.2, 0) is 9.59 Å². The molecule has 5 heteroatoms. The Hall–Kier alpha value is -1.36. The average Bonchev–Trinajstić information content (AvgIpc) is 3.31. The van der Waals surface area contributed by atoms with Crippen LogP contribution in [0, 0.1) is 11.8 Å². The van der Waals surface area contributed by atoms with Crippen LogP contribution in [0.1, 0.15) is 62.2 Å². The van der Waals surface area contributed by atoms with Crippen molar-refractivity contribution in [3.63, 3.8) is 0 Å². The number of carbonyl (C=O) groups is 2. The Labute approximate surface area is 160 Å². The lowest BCUT2D eigenvalue weighted by Crippen LogP contribution is -2.51. The maximum absolute atomic E-state index is 12.7. The fourth-order valence-corrected chi connectivity index (χ4v) is 5.56. The molecule has 2 heterocycles. The first-order valence-electron chi connectivity index (χ1n) is 10.3. The van der Waals surface area contributed by atoms with Gasteiger partial charge in [-0.15, -0.1) is 11.3 Å². The smallest absolute Gasteiger partial charge is 0.226 e. The van der Waals surface area contributed by atoms with Crippen molar-refractivity contribution in [3.05, 3.63) is 22.4 Å². The minimum atomic E-state index is 0.183. The van der Waals surface area contributed by atoms with Gasteiger partial charge in [0.1, 0.15) is 0 Å². The van der Waals surface area contributed by atoms with E-state index in [2.05, 4.69) is 17.5 Å². The molecular weight excluding hydrogens is 344 g/mol. The zero-order valence-corrected chi connectivity index (χ0v) is 16.4. The predicted octanol–water partition coefficient (Wildman–Crippen LogP) is 3.88. The van der Waals surface area contributed by atoms with Gasteiger partial charge in [-0.3, -0.25) is 9.59 Å². The monoisotopic (exact) mass is 374 g/mol. The molecule has 26 heavy (non-hydrogen) atoms. The second-order valence-electron chi connectivity index (χ2n) is 8.21. The summed E-state index contributed by atoms with van der Waals surface area (Å²) in [5.41, 5.74) is 0. The van der Waals surface area contributed by atoms with Gasteiger partial charge in [0.05, 0.1) is 0 Å². The van der Waals surface area contributed by atoms with Gasteiger partial charge in [-0.1, -0.05) is 38.2 Å². The molecule has 4 rings (SSSR count). The number of nitrogens with zero attached hydrogens (tertiary/aromatic N) is 2. The Morgan fingerprint density at radius 3 is 2.46 bits per heavy atom. The highest BCUT2D eigenvalue weighted by Crippen LogP contribution is 2.50. The van der Waals surface area contributed by atoms with Crippen LogP contribution in [0.4, 0.5) is 0 Å². The molecule has 2 saturated carbocycles. The Bertz CT molecular complexity index is 616. The van der Waals surface area contributed by atoms with Crippen LogP contribution in [0.15, 0.2) is 17.5 Å². The fraction of sp³-hybridized carbons (Fsp3) is 0.714. The lowest BCUT2D eigenvalue weighted by Gasteiger charge is -2.35. The fourth-order valence-electron chi connectivity index (χ4n) is 4.66. The molecule has 0 spiro atoms. The highest BCUT2D eigenvalue weighted by Gasteiger charge is 2.46. The van der Waals surface area contributed by atoms with Crippen molar-refractivity contribution < 1.29 is 9.59 Å². The Kier molecular flexibility index (Phi) is 5.63. The van der Waals surface area contributed by atoms with Gasteiger partial charge in [-0.2, -0.15) is 0 Å². The minimum absolute atomic E-state index is 0.183. The van der Waals surface area contributed by atoms with E-state index in [9.17, 15) is 9.59 Å². The molecule has 2 amide bonds. The number of amides is 2. The van der Waals surface area contributed by atoms with Crippen molar-refractivity contribution in [3.8, 4) is 0 Å². The Balaban J connectivity index is 1.19. The maximum Gasteiger partial charge on any atom is 0.226 e. The summed E-state index contributed by atoms with van der Waals surface area (Å²) in [4.78, 5) is 30.5. The van der Waals surface area contributed by atoms with Crippen LogP contribution in [0.5, 0.6) is 0 Å². The third-order valence-corrected chi connectivity index (χ3v) is 7.46. The van der Waals surface area contributed by atoms with Crippen LogP contribution < -0.4 is 0 Å². The third-order valence-electron chi connectivity index (χ3n) is 6.45. The van der Waals surface area contributed by atoms with Crippen molar-refractivity contribution in [2.24, 2.45) is 11.8 Å². The van der Waals surface area contributed by atoms with E-state index < -0.39 is 0 Å². The van der Waals surface area contributed by atoms with Crippen LogP contribution in [0.25, 0.3) is 0 Å². The van der Waals surface area contributed by atoms with Gasteiger partial charge in [0.25, 0.3) is 0 Å². The van der Waals surface area contributed by atoms with Gasteiger partial charge in [0, 0.05) is 49.3 Å². The van der Waals surface area contributed by atoms with E-state index in [1.54, 1.807) is 11.3 Å². The molecule has 3 fully saturated rings. The number of thiophene rings is 1. The van der Waals surface area contributed by atoms with E-state index in [0.29, 0.717) is 50.3 Å². The minimum Gasteiger partial charge on any atom is -0.339 e. The van der Waals surface area contributed by atoms with E-state index in [-0.39, 0.29) is 5.92 Å². The summed E-state index contributed by atoms with van der Waals surface area (Å²) in [6.45, 7) is 2.85. The summed E-state index contributed by atoms with van der Waals surface area (Å²) in [7, 11) is 0. The van der Waals surface area contributed by atoms with Gasteiger partial charge in [0.15, 0.2) is 0 Å². The first-order chi connectivity index (χ1) is 12.7. The molecular formula is C21H30N2O2S. The average molecular weight is 375 g/mol. The molecule has 142 valence electrons. The van der Waals surface area contributed by atoms with Crippen molar-refractivity contribution in [2.45, 2.75) is 57.3 Å². The standard InChI is InChI=1S/C21H30N2O2S/c24-20(9-8-16-5-2-1-3-6-16)22-10-12-23(13-11-22)21(25)18-15-17(18)19-7-4-14-26-19/h4,7,14,16-18H,1-3,5-6,8-13,15H2. The molecule has 0 bridgehead atoms. The van der Waals surface area contributed by atoms with Crippen LogP contribution in [-0.4, -0.2) is 47.8 Å². The third kappa shape index (κ3) is 4.13. The summed E-state index contributed by atoms with van der Waals surface area (Å²) in [6.07, 6.45) is 9.42. The van der Waals surface area contributed by atoms with Crippen molar-refractivity contribution in [1.82, 2.24) is 9.80 Å². The van der Waals surface area contributed by atoms with Crippen molar-refractivity contribution >= 4 is 23.2 Å². The normalized spacial score (nSPS) is 26.8. The van der Waals surface area contributed by atoms with E-state index in [4.69, 9.17) is 0 Å². The maximum atomic E-state index is 12.7. The lowest BCUT2D eigenvalue weighted by molar-refractivity contribution is -0.140. The summed E-state index contributed by atoms with van der Waals surface area (Å²) in [5, 5.41) is 2.09. The van der Waals surface area contributed by atoms with Crippen molar-refractivity contribution in [2.75, 3.05) is 26.2 Å². The van der Waals surface area contributed by atoms with Gasteiger partial charge >= 0.3 is 0 Å². The van der Waals surface area contributed by atoms with Crippen LogP contribution >= 0.6 is 11.3 Å². The molecule has 2 atom stereocenters. The molecule has 1 aromatic heterocycles. The number of hydrogen-bond acceptors (Lipinski definition) is 3. The summed E-state index contributed by atoms with van der Waals surface area (Å²) < 4.78 is 0. The molecule has 2 aliphatic carbocycles. The largest absolute Gasteiger partial charge is 0.339 e. The highest BCUT2D eigenvalue weighted by atomic mass is 32.1. The SMILES string of the molecule is O=C(CCC1CCCCC1)N1CCN(C(=O)C2CC2c2cccs2)CC1. The molecule has 3 aliphatic rings. The van der Waals surface area contributed by atoms with E-state index >= 15 is 0 Å². The van der Waals surface area contributed by atoms with Gasteiger partial charge < -0.3 is 9.80 Å². The van der Waals surface area contributed by atoms with Gasteiger partial charge in [0.2, 0.25) is 11.8 Å². The second kappa shape index (κ2) is 8.12. The zero-order chi connectivity index (χ0) is 17.9. The molecule has 2 unspecified atom stereocenters. The highest BCUT2D eigenvalue weighted by molar-refractivity contribution is 7.10. The number of hydrogen-bond donors (Lipinski definition) is 0. The summed E-state index contributed by atoms with van der Waals surface area (Å²) in [6, 6.07) is 4.21. The molecule has 0 radical (unpaired) electrons. The molecule has 4 nitrogen and oxygen atoms in total. The van der Waals surface area contributed by atoms with Crippen molar-refractivity contribution in [1.29, 1.82) is 0 Å². The molecule has 1 aliphatic heterocycles. The number of carbonyl (C=O) groups excluding carboxylic acids is 2. The van der Waals surface area contributed by atoms with Crippen LogP contribution in [0.2, 0.25) is 0 Å². The molecule has 0 aromatic carbocycles. The first-order valence-corrected chi connectivity index (χ1v) is 11.2. The summed E-state index contributed by atoms with van der Waals surface area (Å²) in [5.74, 6) is 1.99. The summed E-state index contributed by atoms with van der Waals surface area (Å²) >= 11 is 1.76.